The molecule has 0 unspecified atom stereocenters. The molecule has 0 atom stereocenters. The van der Waals surface area contributed by atoms with Crippen LogP contribution in [0.15, 0.2) is 59.3 Å². The highest BCUT2D eigenvalue weighted by molar-refractivity contribution is 5.95. The number of nitrogens with zero attached hydrogens (tertiary/aromatic N) is 2. The molecule has 27 heavy (non-hydrogen) atoms. The van der Waals surface area contributed by atoms with Gasteiger partial charge in [-0.3, -0.25) is 4.79 Å². The highest BCUT2D eigenvalue weighted by atomic mass is 16.7. The summed E-state index contributed by atoms with van der Waals surface area (Å²) in [6.07, 6.45) is 3.55. The Morgan fingerprint density at radius 1 is 1.19 bits per heavy atom. The fourth-order valence-electron chi connectivity index (χ4n) is 3.61. The molecule has 138 valence electrons. The Morgan fingerprint density at radius 2 is 1.96 bits per heavy atom. The van der Waals surface area contributed by atoms with Crippen LogP contribution in [0.2, 0.25) is 0 Å². The van der Waals surface area contributed by atoms with Crippen molar-refractivity contribution in [1.82, 2.24) is 5.43 Å². The molecule has 0 bridgehead atoms. The number of hydrogen-bond acceptors (Lipinski definition) is 5. The Bertz CT molecular complexity index is 963. The van der Waals surface area contributed by atoms with Gasteiger partial charge in [-0.2, -0.15) is 5.10 Å². The lowest BCUT2D eigenvalue weighted by atomic mass is 9.84. The van der Waals surface area contributed by atoms with E-state index in [4.69, 9.17) is 9.47 Å². The molecule has 6 nitrogen and oxygen atoms in total. The second kappa shape index (κ2) is 6.46. The third-order valence-corrected chi connectivity index (χ3v) is 5.05. The first-order valence-corrected chi connectivity index (χ1v) is 8.75. The number of para-hydroxylation sites is 1. The fraction of sp³-hybridized carbons (Fsp3) is 0.238. The maximum absolute atomic E-state index is 12.3. The lowest BCUT2D eigenvalue weighted by Crippen LogP contribution is -2.23. The molecule has 2 aliphatic heterocycles. The minimum Gasteiger partial charge on any atom is -0.454 e. The zero-order valence-electron chi connectivity index (χ0n) is 15.5. The third kappa shape index (κ3) is 2.93. The van der Waals surface area contributed by atoms with Crippen LogP contribution in [0.25, 0.3) is 0 Å². The van der Waals surface area contributed by atoms with Gasteiger partial charge in [0.25, 0.3) is 5.91 Å². The lowest BCUT2D eigenvalue weighted by molar-refractivity contribution is 0.0954. The van der Waals surface area contributed by atoms with E-state index in [2.05, 4.69) is 47.5 Å². The zero-order valence-corrected chi connectivity index (χ0v) is 15.5. The van der Waals surface area contributed by atoms with Gasteiger partial charge >= 0.3 is 0 Å². The summed E-state index contributed by atoms with van der Waals surface area (Å²) in [7, 11) is 2.04. The first-order valence-electron chi connectivity index (χ1n) is 8.75. The van der Waals surface area contributed by atoms with Crippen molar-refractivity contribution in [2.45, 2.75) is 19.3 Å². The number of likely N-dealkylation sites (N-methyl/N-ethyl adjacent to an activating group) is 1. The van der Waals surface area contributed by atoms with Crippen molar-refractivity contribution >= 4 is 17.8 Å². The van der Waals surface area contributed by atoms with Crippen molar-refractivity contribution in [3.05, 3.63) is 65.4 Å². The van der Waals surface area contributed by atoms with Crippen LogP contribution < -0.4 is 19.8 Å². The second-order valence-corrected chi connectivity index (χ2v) is 7.04. The maximum Gasteiger partial charge on any atom is 0.271 e. The van der Waals surface area contributed by atoms with Crippen molar-refractivity contribution in [1.29, 1.82) is 0 Å². The summed E-state index contributed by atoms with van der Waals surface area (Å²) in [5.41, 5.74) is 6.47. The molecule has 0 aromatic heterocycles. The van der Waals surface area contributed by atoms with Gasteiger partial charge in [0.15, 0.2) is 11.5 Å². The Kier molecular flexibility index (Phi) is 4.11. The van der Waals surface area contributed by atoms with E-state index in [9.17, 15) is 4.79 Å². The standard InChI is InChI=1S/C21H21N3O3/c1-21(2)15-6-4-5-7-16(15)24(3)19(21)10-11-22-23-20(25)14-8-9-17-18(12-14)27-13-26-17/h4-12H,13H2,1-3H3,(H,23,25). The van der Waals surface area contributed by atoms with Gasteiger partial charge in [0.1, 0.15) is 0 Å². The Hall–Kier alpha value is -3.28. The SMILES string of the molecule is CN1C(=CC=NNC(=O)c2ccc3c(c2)OCO3)C(C)(C)c2ccccc21. The molecule has 1 amide bonds. The number of allylic oxidation sites excluding steroid dienone is 2. The van der Waals surface area contributed by atoms with Gasteiger partial charge in [0, 0.05) is 35.6 Å². The smallest absolute Gasteiger partial charge is 0.271 e. The third-order valence-electron chi connectivity index (χ3n) is 5.05. The number of rotatable bonds is 3. The topological polar surface area (TPSA) is 63.2 Å². The quantitative estimate of drug-likeness (QED) is 0.670. The molecule has 2 aromatic rings. The number of fused-ring (bicyclic) bond motifs is 2. The van der Waals surface area contributed by atoms with Crippen molar-refractivity contribution in [2.24, 2.45) is 5.10 Å². The van der Waals surface area contributed by atoms with Crippen LogP contribution >= 0.6 is 0 Å². The Balaban J connectivity index is 1.47. The van der Waals surface area contributed by atoms with E-state index in [1.165, 1.54) is 11.3 Å². The van der Waals surface area contributed by atoms with Crippen molar-refractivity contribution in [2.75, 3.05) is 18.7 Å². The number of benzene rings is 2. The van der Waals surface area contributed by atoms with Crippen molar-refractivity contribution in [3.8, 4) is 11.5 Å². The van der Waals surface area contributed by atoms with Crippen LogP contribution in [0, 0.1) is 0 Å². The van der Waals surface area contributed by atoms with Crippen molar-refractivity contribution in [3.63, 3.8) is 0 Å². The largest absolute Gasteiger partial charge is 0.454 e. The number of hydrazone groups is 1. The summed E-state index contributed by atoms with van der Waals surface area (Å²) in [5, 5.41) is 4.07. The highest BCUT2D eigenvalue weighted by Crippen LogP contribution is 2.46. The molecule has 1 N–H and O–H groups in total. The van der Waals surface area contributed by atoms with E-state index in [-0.39, 0.29) is 18.1 Å². The summed E-state index contributed by atoms with van der Waals surface area (Å²) < 4.78 is 10.5. The van der Waals surface area contributed by atoms with Crippen LogP contribution in [-0.2, 0) is 5.41 Å². The summed E-state index contributed by atoms with van der Waals surface area (Å²) in [4.78, 5) is 14.4. The first kappa shape index (κ1) is 17.1. The van der Waals surface area contributed by atoms with Crippen LogP contribution in [0.5, 0.6) is 11.5 Å². The lowest BCUT2D eigenvalue weighted by Gasteiger charge is -2.23. The average molecular weight is 363 g/mol. The number of ether oxygens (including phenoxy) is 2. The van der Waals surface area contributed by atoms with Gasteiger partial charge < -0.3 is 14.4 Å². The molecular formula is C21H21N3O3. The molecule has 0 saturated heterocycles. The molecule has 0 saturated carbocycles. The molecule has 2 aromatic carbocycles. The van der Waals surface area contributed by atoms with E-state index in [1.807, 2.05) is 19.2 Å². The summed E-state index contributed by atoms with van der Waals surface area (Å²) >= 11 is 0. The molecule has 0 aliphatic carbocycles. The van der Waals surface area contributed by atoms with Gasteiger partial charge in [0.05, 0.1) is 0 Å². The van der Waals surface area contributed by atoms with Gasteiger partial charge in [-0.05, 0) is 35.9 Å². The number of carbonyl (C=O) groups is 1. The summed E-state index contributed by atoms with van der Waals surface area (Å²) in [5.74, 6) is 0.914. The van der Waals surface area contributed by atoms with E-state index in [0.29, 0.717) is 17.1 Å². The minimum atomic E-state index is -0.301. The molecule has 2 aliphatic rings. The summed E-state index contributed by atoms with van der Waals surface area (Å²) in [6.45, 7) is 4.54. The number of carbonyl (C=O) groups excluding carboxylic acids is 1. The van der Waals surface area contributed by atoms with Crippen LogP contribution in [0.1, 0.15) is 29.8 Å². The number of hydrogen-bond donors (Lipinski definition) is 1. The number of anilines is 1. The Morgan fingerprint density at radius 3 is 2.78 bits per heavy atom. The molecule has 4 rings (SSSR count). The summed E-state index contributed by atoms with van der Waals surface area (Å²) in [6, 6.07) is 13.4. The molecular weight excluding hydrogens is 342 g/mol. The van der Waals surface area contributed by atoms with E-state index in [1.54, 1.807) is 24.4 Å². The molecule has 0 fully saturated rings. The van der Waals surface area contributed by atoms with Crippen LogP contribution in [0.4, 0.5) is 5.69 Å². The fourth-order valence-corrected chi connectivity index (χ4v) is 3.61. The monoisotopic (exact) mass is 363 g/mol. The minimum absolute atomic E-state index is 0.126. The normalized spacial score (nSPS) is 18.2. The number of amides is 1. The van der Waals surface area contributed by atoms with Crippen LogP contribution in [-0.4, -0.2) is 26.0 Å². The molecule has 6 heteroatoms. The average Bonchev–Trinajstić information content (AvgIpc) is 3.21. The van der Waals surface area contributed by atoms with Gasteiger partial charge in [-0.25, -0.2) is 5.43 Å². The van der Waals surface area contributed by atoms with Crippen molar-refractivity contribution < 1.29 is 14.3 Å². The van der Waals surface area contributed by atoms with Crippen LogP contribution in [0.3, 0.4) is 0 Å². The Labute approximate surface area is 158 Å². The second-order valence-electron chi connectivity index (χ2n) is 7.04. The number of nitrogens with one attached hydrogen (secondary N) is 1. The maximum atomic E-state index is 12.3. The molecule has 0 radical (unpaired) electrons. The van der Waals surface area contributed by atoms with E-state index < -0.39 is 0 Å². The van der Waals surface area contributed by atoms with Gasteiger partial charge in [-0.1, -0.05) is 32.0 Å². The van der Waals surface area contributed by atoms with Gasteiger partial charge in [0.2, 0.25) is 6.79 Å². The van der Waals surface area contributed by atoms with E-state index in [0.717, 1.165) is 5.70 Å². The van der Waals surface area contributed by atoms with E-state index >= 15 is 0 Å². The predicted octanol–water partition coefficient (Wildman–Crippen LogP) is 3.44. The molecule has 2 heterocycles. The highest BCUT2D eigenvalue weighted by Gasteiger charge is 2.37. The zero-order chi connectivity index (χ0) is 19.0. The van der Waals surface area contributed by atoms with Gasteiger partial charge in [-0.15, -0.1) is 0 Å². The first-order chi connectivity index (χ1) is 13.0. The predicted molar refractivity (Wildman–Crippen MR) is 104 cm³/mol. The molecule has 0 spiro atoms.